The molecule has 2 aliphatic rings. The lowest BCUT2D eigenvalue weighted by atomic mass is 9.61. The summed E-state index contributed by atoms with van der Waals surface area (Å²) in [7, 11) is 0. The van der Waals surface area contributed by atoms with Crippen molar-refractivity contribution in [1.82, 2.24) is 4.90 Å². The van der Waals surface area contributed by atoms with Crippen LogP contribution in [0.25, 0.3) is 0 Å². The largest absolute Gasteiger partial charge is 0.303 e. The fraction of sp³-hybridized carbons (Fsp3) is 1.00. The second-order valence-corrected chi connectivity index (χ2v) is 9.52. The number of fused-ring (bicyclic) bond motifs is 1. The van der Waals surface area contributed by atoms with Gasteiger partial charge in [-0.1, -0.05) is 85.0 Å². The van der Waals surface area contributed by atoms with E-state index in [-0.39, 0.29) is 0 Å². The molecule has 1 aliphatic heterocycles. The van der Waals surface area contributed by atoms with Crippen molar-refractivity contribution >= 4 is 0 Å². The summed E-state index contributed by atoms with van der Waals surface area (Å²) in [6, 6.07) is 0. The summed E-state index contributed by atoms with van der Waals surface area (Å²) < 4.78 is 0. The summed E-state index contributed by atoms with van der Waals surface area (Å²) in [5.74, 6) is 2.01. The van der Waals surface area contributed by atoms with Crippen molar-refractivity contribution in [3.05, 3.63) is 0 Å². The van der Waals surface area contributed by atoms with Gasteiger partial charge < -0.3 is 4.90 Å². The first-order valence-corrected chi connectivity index (χ1v) is 11.4. The normalized spacial score (nSPS) is 27.1. The smallest absolute Gasteiger partial charge is 0.00125 e. The molecule has 2 rings (SSSR count). The van der Waals surface area contributed by atoms with Gasteiger partial charge in [0.15, 0.2) is 0 Å². The molecule has 1 nitrogen and oxygen atoms in total. The highest BCUT2D eigenvalue weighted by atomic mass is 15.1. The second-order valence-electron chi connectivity index (χ2n) is 9.52. The van der Waals surface area contributed by atoms with Gasteiger partial charge in [0.25, 0.3) is 0 Å². The fourth-order valence-corrected chi connectivity index (χ4v) is 5.46. The van der Waals surface area contributed by atoms with Gasteiger partial charge in [-0.05, 0) is 56.0 Å². The van der Waals surface area contributed by atoms with Crippen molar-refractivity contribution in [2.24, 2.45) is 17.3 Å². The van der Waals surface area contributed by atoms with Gasteiger partial charge in [-0.15, -0.1) is 0 Å². The van der Waals surface area contributed by atoms with Gasteiger partial charge in [0, 0.05) is 6.54 Å². The van der Waals surface area contributed by atoms with Gasteiger partial charge in [-0.25, -0.2) is 0 Å². The van der Waals surface area contributed by atoms with Gasteiger partial charge in [0.05, 0.1) is 0 Å². The van der Waals surface area contributed by atoms with Crippen LogP contribution in [0, 0.1) is 17.3 Å². The number of likely N-dealkylation sites (tertiary alicyclic amines) is 1. The Morgan fingerprint density at radius 1 is 0.833 bits per heavy atom. The first kappa shape index (κ1) is 20.3. The van der Waals surface area contributed by atoms with Gasteiger partial charge >= 0.3 is 0 Å². The number of hydrogen-bond acceptors (Lipinski definition) is 1. The van der Waals surface area contributed by atoms with Crippen molar-refractivity contribution in [3.8, 4) is 0 Å². The molecule has 1 heterocycles. The molecule has 2 atom stereocenters. The van der Waals surface area contributed by atoms with E-state index in [9.17, 15) is 0 Å². The van der Waals surface area contributed by atoms with Gasteiger partial charge in [0.1, 0.15) is 0 Å². The molecule has 0 aromatic carbocycles. The van der Waals surface area contributed by atoms with E-state index in [0.717, 1.165) is 11.8 Å². The van der Waals surface area contributed by atoms with E-state index in [1.807, 2.05) is 0 Å². The molecule has 0 aromatic heterocycles. The Morgan fingerprint density at radius 2 is 1.46 bits per heavy atom. The van der Waals surface area contributed by atoms with Crippen molar-refractivity contribution in [2.75, 3.05) is 19.6 Å². The molecular weight excluding hydrogens is 290 g/mol. The minimum absolute atomic E-state index is 0.617. The highest BCUT2D eigenvalue weighted by Gasteiger charge is 2.41. The van der Waals surface area contributed by atoms with Crippen LogP contribution >= 0.6 is 0 Å². The maximum absolute atomic E-state index is 2.80. The average molecular weight is 336 g/mol. The molecule has 0 bridgehead atoms. The number of nitrogens with zero attached hydrogens (tertiary/aromatic N) is 1. The Bertz CT molecular complexity index is 322. The third-order valence-electron chi connectivity index (χ3n) is 7.05. The maximum atomic E-state index is 2.80. The van der Waals surface area contributed by atoms with Crippen LogP contribution < -0.4 is 0 Å². The molecular formula is C23H45N. The van der Waals surface area contributed by atoms with E-state index >= 15 is 0 Å². The Labute approximate surface area is 153 Å². The lowest BCUT2D eigenvalue weighted by molar-refractivity contribution is 0.00237. The standard InChI is InChI=1S/C23H45N/c1-4-5-6-7-8-9-10-11-12-13-18-24-19-16-22-21(20-24)15-14-17-23(22,2)3/h21-22H,4-20H2,1-3H3/t21-,22-/m1/s1. The molecule has 0 amide bonds. The third kappa shape index (κ3) is 6.70. The van der Waals surface area contributed by atoms with E-state index in [1.54, 1.807) is 0 Å². The number of unbranched alkanes of at least 4 members (excludes halogenated alkanes) is 9. The summed E-state index contributed by atoms with van der Waals surface area (Å²) >= 11 is 0. The molecule has 0 N–H and O–H groups in total. The van der Waals surface area contributed by atoms with Crippen LogP contribution in [0.2, 0.25) is 0 Å². The Kier molecular flexibility index (Phi) is 9.16. The molecule has 1 saturated heterocycles. The summed E-state index contributed by atoms with van der Waals surface area (Å²) in [5, 5.41) is 0. The monoisotopic (exact) mass is 335 g/mol. The SMILES string of the molecule is CCCCCCCCCCCCN1CC[C@@H]2[C@H](CCCC2(C)C)C1. The first-order valence-electron chi connectivity index (χ1n) is 11.4. The van der Waals surface area contributed by atoms with Crippen molar-refractivity contribution in [2.45, 2.75) is 111 Å². The highest BCUT2D eigenvalue weighted by molar-refractivity contribution is 4.92. The van der Waals surface area contributed by atoms with E-state index in [4.69, 9.17) is 0 Å². The van der Waals surface area contributed by atoms with Crippen LogP contribution in [0.3, 0.4) is 0 Å². The van der Waals surface area contributed by atoms with Crippen molar-refractivity contribution in [1.29, 1.82) is 0 Å². The van der Waals surface area contributed by atoms with E-state index in [2.05, 4.69) is 25.7 Å². The summed E-state index contributed by atoms with van der Waals surface area (Å²) in [6.45, 7) is 11.5. The van der Waals surface area contributed by atoms with Crippen LogP contribution in [-0.2, 0) is 0 Å². The molecule has 0 spiro atoms. The zero-order valence-corrected chi connectivity index (χ0v) is 17.1. The molecule has 24 heavy (non-hydrogen) atoms. The number of rotatable bonds is 11. The predicted octanol–water partition coefficient (Wildman–Crippen LogP) is 7.06. The number of piperidine rings is 1. The van der Waals surface area contributed by atoms with Crippen LogP contribution in [0.15, 0.2) is 0 Å². The molecule has 1 aliphatic carbocycles. The summed E-state index contributed by atoms with van der Waals surface area (Å²) in [5.41, 5.74) is 0.617. The summed E-state index contributed by atoms with van der Waals surface area (Å²) in [6.07, 6.45) is 20.5. The Hall–Kier alpha value is -0.0400. The number of hydrogen-bond donors (Lipinski definition) is 0. The van der Waals surface area contributed by atoms with Crippen molar-refractivity contribution in [3.63, 3.8) is 0 Å². The maximum Gasteiger partial charge on any atom is 0.00125 e. The molecule has 1 saturated carbocycles. The third-order valence-corrected chi connectivity index (χ3v) is 7.05. The van der Waals surface area contributed by atoms with Crippen molar-refractivity contribution < 1.29 is 0 Å². The lowest BCUT2D eigenvalue weighted by Gasteiger charge is -2.49. The first-order chi connectivity index (χ1) is 11.6. The van der Waals surface area contributed by atoms with Gasteiger partial charge in [0.2, 0.25) is 0 Å². The van der Waals surface area contributed by atoms with Gasteiger partial charge in [-0.3, -0.25) is 0 Å². The molecule has 0 unspecified atom stereocenters. The van der Waals surface area contributed by atoms with E-state index in [0.29, 0.717) is 5.41 Å². The molecule has 0 radical (unpaired) electrons. The topological polar surface area (TPSA) is 3.24 Å². The summed E-state index contributed by atoms with van der Waals surface area (Å²) in [4.78, 5) is 2.80. The quantitative estimate of drug-likeness (QED) is 0.365. The van der Waals surface area contributed by atoms with Crippen LogP contribution in [-0.4, -0.2) is 24.5 Å². The zero-order valence-electron chi connectivity index (χ0n) is 17.1. The minimum Gasteiger partial charge on any atom is -0.303 e. The predicted molar refractivity (Wildman–Crippen MR) is 108 cm³/mol. The average Bonchev–Trinajstić information content (AvgIpc) is 2.56. The molecule has 1 heteroatoms. The van der Waals surface area contributed by atoms with E-state index < -0.39 is 0 Å². The fourth-order valence-electron chi connectivity index (χ4n) is 5.46. The van der Waals surface area contributed by atoms with Crippen LogP contribution in [0.1, 0.15) is 111 Å². The molecule has 2 fully saturated rings. The van der Waals surface area contributed by atoms with Crippen LogP contribution in [0.4, 0.5) is 0 Å². The molecule has 0 aromatic rings. The Morgan fingerprint density at radius 3 is 2.12 bits per heavy atom. The zero-order chi connectivity index (χ0) is 17.3. The highest BCUT2D eigenvalue weighted by Crippen LogP contribution is 2.47. The molecule has 142 valence electrons. The van der Waals surface area contributed by atoms with Crippen LogP contribution in [0.5, 0.6) is 0 Å². The second kappa shape index (κ2) is 10.8. The van der Waals surface area contributed by atoms with E-state index in [1.165, 1.54) is 110 Å². The lowest BCUT2D eigenvalue weighted by Crippen LogP contribution is -2.47. The minimum atomic E-state index is 0.617. The van der Waals surface area contributed by atoms with Gasteiger partial charge in [-0.2, -0.15) is 0 Å². The Balaban J connectivity index is 1.47.